The lowest BCUT2D eigenvalue weighted by Gasteiger charge is -2.39. The van der Waals surface area contributed by atoms with Crippen molar-refractivity contribution in [3.05, 3.63) is 23.4 Å². The van der Waals surface area contributed by atoms with Crippen LogP contribution in [0.25, 0.3) is 0 Å². The third-order valence-corrected chi connectivity index (χ3v) is 4.78. The summed E-state index contributed by atoms with van der Waals surface area (Å²) in [5, 5.41) is 0. The molecule has 2 heterocycles. The Morgan fingerprint density at radius 1 is 1.45 bits per heavy atom. The van der Waals surface area contributed by atoms with Crippen molar-refractivity contribution in [1.82, 2.24) is 4.98 Å². The van der Waals surface area contributed by atoms with Crippen molar-refractivity contribution < 1.29 is 0 Å². The Morgan fingerprint density at radius 2 is 2.20 bits per heavy atom. The van der Waals surface area contributed by atoms with Crippen molar-refractivity contribution >= 4 is 5.82 Å². The maximum atomic E-state index is 6.04. The summed E-state index contributed by atoms with van der Waals surface area (Å²) < 4.78 is 0. The fraction of sp³-hybridized carbons (Fsp3) is 0.706. The minimum atomic E-state index is 0.246. The summed E-state index contributed by atoms with van der Waals surface area (Å²) in [5.74, 6) is 1.91. The minimum absolute atomic E-state index is 0.246. The van der Waals surface area contributed by atoms with Crippen LogP contribution >= 0.6 is 0 Å². The van der Waals surface area contributed by atoms with Gasteiger partial charge < -0.3 is 10.6 Å². The summed E-state index contributed by atoms with van der Waals surface area (Å²) in [4.78, 5) is 7.22. The average Bonchev–Trinajstić information content (AvgIpc) is 2.42. The number of aromatic nitrogens is 1. The van der Waals surface area contributed by atoms with Crippen LogP contribution in [0.4, 0.5) is 5.82 Å². The van der Waals surface area contributed by atoms with Crippen LogP contribution in [0.3, 0.4) is 0 Å². The van der Waals surface area contributed by atoms with Gasteiger partial charge in [-0.05, 0) is 56.6 Å². The van der Waals surface area contributed by atoms with Crippen molar-refractivity contribution in [2.24, 2.45) is 11.7 Å². The fourth-order valence-corrected chi connectivity index (χ4v) is 3.12. The summed E-state index contributed by atoms with van der Waals surface area (Å²) >= 11 is 0. The molecule has 3 unspecified atom stereocenters. The van der Waals surface area contributed by atoms with Gasteiger partial charge in [-0.25, -0.2) is 4.98 Å². The van der Waals surface area contributed by atoms with E-state index in [0.717, 1.165) is 31.1 Å². The average molecular weight is 275 g/mol. The molecule has 0 amide bonds. The Bertz CT molecular complexity index is 444. The number of rotatable bonds is 4. The maximum Gasteiger partial charge on any atom is 0.131 e. The molecule has 1 aliphatic heterocycles. The van der Waals surface area contributed by atoms with E-state index in [1.807, 2.05) is 6.20 Å². The molecule has 3 atom stereocenters. The van der Waals surface area contributed by atoms with Gasteiger partial charge in [-0.1, -0.05) is 19.9 Å². The molecule has 0 saturated carbocycles. The number of nitrogens with two attached hydrogens (primary N) is 1. The van der Waals surface area contributed by atoms with Gasteiger partial charge in [-0.2, -0.15) is 0 Å². The Labute approximate surface area is 123 Å². The lowest BCUT2D eigenvalue weighted by atomic mass is 9.91. The molecule has 0 aromatic carbocycles. The second-order valence-electron chi connectivity index (χ2n) is 6.41. The third kappa shape index (κ3) is 3.32. The highest BCUT2D eigenvalue weighted by Crippen LogP contribution is 2.29. The quantitative estimate of drug-likeness (QED) is 0.917. The number of hydrogen-bond donors (Lipinski definition) is 1. The van der Waals surface area contributed by atoms with E-state index >= 15 is 0 Å². The Morgan fingerprint density at radius 3 is 2.85 bits per heavy atom. The standard InChI is InChI=1S/C17H29N3/c1-5-16(18)10-15-9-13(3)17(19-11-15)20-8-6-7-12(2)14(20)4/h9,11-12,14,16H,5-8,10,18H2,1-4H3. The summed E-state index contributed by atoms with van der Waals surface area (Å²) in [6.45, 7) is 10.1. The van der Waals surface area contributed by atoms with Gasteiger partial charge in [0.2, 0.25) is 0 Å². The van der Waals surface area contributed by atoms with Gasteiger partial charge in [0.15, 0.2) is 0 Å². The predicted octanol–water partition coefficient (Wildman–Crippen LogP) is 3.29. The molecule has 2 rings (SSSR count). The zero-order valence-electron chi connectivity index (χ0n) is 13.4. The molecule has 3 heteroatoms. The predicted molar refractivity (Wildman–Crippen MR) is 86.2 cm³/mol. The van der Waals surface area contributed by atoms with Crippen molar-refractivity contribution in [3.63, 3.8) is 0 Å². The molecular weight excluding hydrogens is 246 g/mol. The molecule has 1 aromatic heterocycles. The summed E-state index contributed by atoms with van der Waals surface area (Å²) in [7, 11) is 0. The van der Waals surface area contributed by atoms with Gasteiger partial charge in [-0.3, -0.25) is 0 Å². The summed E-state index contributed by atoms with van der Waals surface area (Å²) in [6.07, 6.45) is 6.57. The highest BCUT2D eigenvalue weighted by Gasteiger charge is 2.26. The zero-order chi connectivity index (χ0) is 14.7. The number of nitrogens with zero attached hydrogens (tertiary/aromatic N) is 2. The van der Waals surface area contributed by atoms with E-state index in [0.29, 0.717) is 6.04 Å². The second-order valence-corrected chi connectivity index (χ2v) is 6.41. The maximum absolute atomic E-state index is 6.04. The lowest BCUT2D eigenvalue weighted by molar-refractivity contribution is 0.361. The van der Waals surface area contributed by atoms with E-state index in [1.54, 1.807) is 0 Å². The van der Waals surface area contributed by atoms with E-state index in [9.17, 15) is 0 Å². The lowest BCUT2D eigenvalue weighted by Crippen LogP contribution is -2.43. The highest BCUT2D eigenvalue weighted by atomic mass is 15.2. The first kappa shape index (κ1) is 15.3. The van der Waals surface area contributed by atoms with E-state index in [4.69, 9.17) is 10.7 Å². The summed E-state index contributed by atoms with van der Waals surface area (Å²) in [6, 6.07) is 3.10. The van der Waals surface area contributed by atoms with Gasteiger partial charge in [0.25, 0.3) is 0 Å². The first-order valence-electron chi connectivity index (χ1n) is 8.00. The molecule has 0 radical (unpaired) electrons. The molecule has 2 N–H and O–H groups in total. The molecule has 1 aromatic rings. The molecule has 0 bridgehead atoms. The van der Waals surface area contributed by atoms with Crippen molar-refractivity contribution in [2.75, 3.05) is 11.4 Å². The van der Waals surface area contributed by atoms with Crippen LogP contribution in [0.1, 0.15) is 51.2 Å². The van der Waals surface area contributed by atoms with Crippen molar-refractivity contribution in [3.8, 4) is 0 Å². The molecule has 1 fully saturated rings. The van der Waals surface area contributed by atoms with E-state index in [1.165, 1.54) is 24.0 Å². The molecule has 20 heavy (non-hydrogen) atoms. The SMILES string of the molecule is CCC(N)Cc1cnc(N2CCCC(C)C2C)c(C)c1. The van der Waals surface area contributed by atoms with Crippen LogP contribution in [-0.2, 0) is 6.42 Å². The number of pyridine rings is 1. The first-order chi connectivity index (χ1) is 9.52. The largest absolute Gasteiger partial charge is 0.353 e. The van der Waals surface area contributed by atoms with Crippen LogP contribution in [-0.4, -0.2) is 23.6 Å². The molecule has 0 aliphatic carbocycles. The molecule has 1 saturated heterocycles. The van der Waals surface area contributed by atoms with Gasteiger partial charge in [0.05, 0.1) is 0 Å². The van der Waals surface area contributed by atoms with Gasteiger partial charge in [0.1, 0.15) is 5.82 Å². The monoisotopic (exact) mass is 275 g/mol. The van der Waals surface area contributed by atoms with Gasteiger partial charge >= 0.3 is 0 Å². The van der Waals surface area contributed by atoms with Crippen LogP contribution < -0.4 is 10.6 Å². The molecule has 0 spiro atoms. The van der Waals surface area contributed by atoms with Crippen LogP contribution in [0.2, 0.25) is 0 Å². The Kier molecular flexibility index (Phi) is 5.03. The second kappa shape index (κ2) is 6.57. The van der Waals surface area contributed by atoms with E-state index < -0.39 is 0 Å². The zero-order valence-corrected chi connectivity index (χ0v) is 13.4. The fourth-order valence-electron chi connectivity index (χ4n) is 3.12. The van der Waals surface area contributed by atoms with Crippen LogP contribution in [0, 0.1) is 12.8 Å². The number of piperidine rings is 1. The van der Waals surface area contributed by atoms with Crippen molar-refractivity contribution in [1.29, 1.82) is 0 Å². The molecular formula is C17H29N3. The van der Waals surface area contributed by atoms with E-state index in [2.05, 4.69) is 38.7 Å². The minimum Gasteiger partial charge on any atom is -0.353 e. The van der Waals surface area contributed by atoms with Crippen LogP contribution in [0.15, 0.2) is 12.3 Å². The molecule has 3 nitrogen and oxygen atoms in total. The van der Waals surface area contributed by atoms with E-state index in [-0.39, 0.29) is 6.04 Å². The number of anilines is 1. The normalized spacial score (nSPS) is 24.8. The number of aryl methyl sites for hydroxylation is 1. The topological polar surface area (TPSA) is 42.1 Å². The molecule has 1 aliphatic rings. The van der Waals surface area contributed by atoms with Gasteiger partial charge in [-0.15, -0.1) is 0 Å². The van der Waals surface area contributed by atoms with Gasteiger partial charge in [0, 0.05) is 24.8 Å². The van der Waals surface area contributed by atoms with Crippen molar-refractivity contribution in [2.45, 2.75) is 65.5 Å². The van der Waals surface area contributed by atoms with Crippen LogP contribution in [0.5, 0.6) is 0 Å². The Hall–Kier alpha value is -1.09. The highest BCUT2D eigenvalue weighted by molar-refractivity contribution is 5.48. The Balaban J connectivity index is 2.16. The third-order valence-electron chi connectivity index (χ3n) is 4.78. The smallest absolute Gasteiger partial charge is 0.131 e. The number of hydrogen-bond acceptors (Lipinski definition) is 3. The first-order valence-corrected chi connectivity index (χ1v) is 8.00. The molecule has 112 valence electrons. The summed E-state index contributed by atoms with van der Waals surface area (Å²) in [5.41, 5.74) is 8.58.